The highest BCUT2D eigenvalue weighted by Crippen LogP contribution is 2.35. The molecule has 1 aliphatic heterocycles. The zero-order valence-corrected chi connectivity index (χ0v) is 19.2. The quantitative estimate of drug-likeness (QED) is 0.533. The van der Waals surface area contributed by atoms with Gasteiger partial charge in [-0.15, -0.1) is 0 Å². The molecule has 162 valence electrons. The Hall–Kier alpha value is -3.57. The third-order valence-electron chi connectivity index (χ3n) is 5.33. The second kappa shape index (κ2) is 8.52. The van der Waals surface area contributed by atoms with E-state index in [1.165, 1.54) is 4.90 Å². The average Bonchev–Trinajstić information content (AvgIpc) is 2.97. The minimum absolute atomic E-state index is 0.249. The van der Waals surface area contributed by atoms with Crippen LogP contribution in [0.3, 0.4) is 0 Å². The Kier molecular flexibility index (Phi) is 5.76. The molecule has 0 aliphatic carbocycles. The first-order valence-electron chi connectivity index (χ1n) is 10.3. The fraction of sp³-hybridized carbons (Fsp3) is 0.154. The molecule has 0 fully saturated rings. The third-order valence-corrected chi connectivity index (χ3v) is 5.58. The Balaban J connectivity index is 1.80. The van der Waals surface area contributed by atoms with E-state index < -0.39 is 5.91 Å². The largest absolute Gasteiger partial charge is 0.378 e. The molecular formula is C26H24ClN3O2. The molecule has 3 aromatic rings. The van der Waals surface area contributed by atoms with Crippen molar-refractivity contribution in [3.63, 3.8) is 0 Å². The lowest BCUT2D eigenvalue weighted by molar-refractivity contribution is -0.120. The van der Waals surface area contributed by atoms with E-state index in [0.717, 1.165) is 22.5 Å². The number of benzene rings is 3. The average molecular weight is 446 g/mol. The number of carbonyl (C=O) groups excluding carboxylic acids is 2. The molecule has 0 radical (unpaired) electrons. The summed E-state index contributed by atoms with van der Waals surface area (Å²) in [5, 5.41) is 3.78. The summed E-state index contributed by atoms with van der Waals surface area (Å²) in [6, 6.07) is 20.2. The van der Waals surface area contributed by atoms with Crippen LogP contribution in [0.1, 0.15) is 16.7 Å². The van der Waals surface area contributed by atoms with Crippen molar-refractivity contribution >= 4 is 46.1 Å². The smallest absolute Gasteiger partial charge is 0.282 e. The zero-order chi connectivity index (χ0) is 23.0. The maximum absolute atomic E-state index is 13.5. The van der Waals surface area contributed by atoms with Gasteiger partial charge >= 0.3 is 0 Å². The van der Waals surface area contributed by atoms with Crippen LogP contribution >= 0.6 is 11.6 Å². The van der Waals surface area contributed by atoms with Gasteiger partial charge in [0.25, 0.3) is 11.8 Å². The van der Waals surface area contributed by atoms with Crippen molar-refractivity contribution in [3.05, 3.63) is 94.1 Å². The summed E-state index contributed by atoms with van der Waals surface area (Å²) in [6.07, 6.45) is 0. The molecule has 0 atom stereocenters. The van der Waals surface area contributed by atoms with Crippen LogP contribution in [0.4, 0.5) is 17.1 Å². The lowest BCUT2D eigenvalue weighted by Crippen LogP contribution is -2.32. The predicted molar refractivity (Wildman–Crippen MR) is 131 cm³/mol. The van der Waals surface area contributed by atoms with E-state index in [-0.39, 0.29) is 11.6 Å². The highest BCUT2D eigenvalue weighted by atomic mass is 35.5. The first-order chi connectivity index (χ1) is 15.2. The monoisotopic (exact) mass is 445 g/mol. The van der Waals surface area contributed by atoms with Gasteiger partial charge in [0.1, 0.15) is 5.70 Å². The number of carbonyl (C=O) groups is 2. The Morgan fingerprint density at radius 1 is 0.812 bits per heavy atom. The number of hydrogen-bond acceptors (Lipinski definition) is 4. The second-order valence-corrected chi connectivity index (χ2v) is 8.55. The number of amides is 2. The first kappa shape index (κ1) is 21.7. The molecule has 0 spiro atoms. The summed E-state index contributed by atoms with van der Waals surface area (Å²) < 4.78 is 0. The predicted octanol–water partition coefficient (Wildman–Crippen LogP) is 5.42. The second-order valence-electron chi connectivity index (χ2n) is 8.11. The SMILES string of the molecule is Cc1cc(C)cc(NC2=C(c3ccc(Cl)cc3)C(=O)N(c3ccc(N(C)C)cc3)C2=O)c1. The van der Waals surface area contributed by atoms with Crippen LogP contribution in [-0.4, -0.2) is 25.9 Å². The van der Waals surface area contributed by atoms with Gasteiger partial charge in [0.15, 0.2) is 0 Å². The molecule has 2 amide bonds. The molecule has 5 nitrogen and oxygen atoms in total. The van der Waals surface area contributed by atoms with Crippen LogP contribution in [-0.2, 0) is 9.59 Å². The number of nitrogens with one attached hydrogen (secondary N) is 1. The molecule has 0 bridgehead atoms. The molecule has 6 heteroatoms. The van der Waals surface area contributed by atoms with Gasteiger partial charge in [-0.2, -0.15) is 0 Å². The fourth-order valence-electron chi connectivity index (χ4n) is 3.86. The van der Waals surface area contributed by atoms with Crippen molar-refractivity contribution in [1.82, 2.24) is 0 Å². The topological polar surface area (TPSA) is 52.7 Å². The maximum Gasteiger partial charge on any atom is 0.282 e. The summed E-state index contributed by atoms with van der Waals surface area (Å²) in [5.41, 5.74) is 5.59. The third kappa shape index (κ3) is 4.12. The summed E-state index contributed by atoms with van der Waals surface area (Å²) in [4.78, 5) is 30.2. The van der Waals surface area contributed by atoms with E-state index in [9.17, 15) is 9.59 Å². The number of aryl methyl sites for hydroxylation is 2. The molecule has 1 aliphatic rings. The van der Waals surface area contributed by atoms with E-state index in [1.54, 1.807) is 36.4 Å². The number of nitrogens with zero attached hydrogens (tertiary/aromatic N) is 2. The van der Waals surface area contributed by atoms with Gasteiger partial charge in [-0.3, -0.25) is 9.59 Å². The summed E-state index contributed by atoms with van der Waals surface area (Å²) in [5.74, 6) is -0.765. The van der Waals surface area contributed by atoms with E-state index >= 15 is 0 Å². The van der Waals surface area contributed by atoms with Crippen LogP contribution in [0.2, 0.25) is 5.02 Å². The van der Waals surface area contributed by atoms with Crippen molar-refractivity contribution in [3.8, 4) is 0 Å². The number of rotatable bonds is 5. The summed E-state index contributed by atoms with van der Waals surface area (Å²) >= 11 is 6.05. The van der Waals surface area contributed by atoms with Crippen LogP contribution in [0, 0.1) is 13.8 Å². The van der Waals surface area contributed by atoms with E-state index in [0.29, 0.717) is 21.8 Å². The first-order valence-corrected chi connectivity index (χ1v) is 10.6. The number of hydrogen-bond donors (Lipinski definition) is 1. The van der Waals surface area contributed by atoms with Crippen molar-refractivity contribution < 1.29 is 9.59 Å². The molecule has 1 N–H and O–H groups in total. The molecule has 0 saturated carbocycles. The van der Waals surface area contributed by atoms with Crippen molar-refractivity contribution in [2.75, 3.05) is 29.2 Å². The minimum atomic E-state index is -0.392. The van der Waals surface area contributed by atoms with E-state index in [1.807, 2.05) is 57.1 Å². The molecule has 0 aromatic heterocycles. The van der Waals surface area contributed by atoms with Crippen molar-refractivity contribution in [2.24, 2.45) is 0 Å². The Labute approximate surface area is 192 Å². The van der Waals surface area contributed by atoms with Crippen molar-refractivity contribution in [1.29, 1.82) is 0 Å². The molecular weight excluding hydrogens is 422 g/mol. The minimum Gasteiger partial charge on any atom is -0.378 e. The summed E-state index contributed by atoms with van der Waals surface area (Å²) in [7, 11) is 3.88. The molecule has 0 saturated heterocycles. The molecule has 1 heterocycles. The lowest BCUT2D eigenvalue weighted by Gasteiger charge is -2.18. The van der Waals surface area contributed by atoms with Gasteiger partial charge in [0.2, 0.25) is 0 Å². The van der Waals surface area contributed by atoms with Gasteiger partial charge in [0.05, 0.1) is 11.3 Å². The van der Waals surface area contributed by atoms with Crippen LogP contribution in [0.15, 0.2) is 72.4 Å². The standard InChI is InChI=1S/C26H24ClN3O2/c1-16-13-17(2)15-20(14-16)28-24-23(18-5-7-19(27)8-6-18)25(31)30(26(24)32)22-11-9-21(10-12-22)29(3)4/h5-15,28H,1-4H3. The lowest BCUT2D eigenvalue weighted by atomic mass is 10.0. The van der Waals surface area contributed by atoms with Gasteiger partial charge in [-0.25, -0.2) is 4.90 Å². The number of halogens is 1. The zero-order valence-electron chi connectivity index (χ0n) is 18.4. The summed E-state index contributed by atoms with van der Waals surface area (Å²) in [6.45, 7) is 3.99. The maximum atomic E-state index is 13.5. The van der Waals surface area contributed by atoms with Gasteiger partial charge in [-0.1, -0.05) is 29.8 Å². The fourth-order valence-corrected chi connectivity index (χ4v) is 3.98. The van der Waals surface area contributed by atoms with E-state index in [2.05, 4.69) is 11.4 Å². The Bertz CT molecular complexity index is 1210. The number of anilines is 3. The van der Waals surface area contributed by atoms with Gasteiger partial charge in [-0.05, 0) is 79.1 Å². The van der Waals surface area contributed by atoms with Crippen LogP contribution in [0.25, 0.3) is 5.57 Å². The highest BCUT2D eigenvalue weighted by molar-refractivity contribution is 6.46. The Morgan fingerprint density at radius 3 is 1.97 bits per heavy atom. The normalized spacial score (nSPS) is 13.7. The van der Waals surface area contributed by atoms with Crippen LogP contribution in [0.5, 0.6) is 0 Å². The molecule has 32 heavy (non-hydrogen) atoms. The van der Waals surface area contributed by atoms with E-state index in [4.69, 9.17) is 11.6 Å². The molecule has 4 rings (SSSR count). The Morgan fingerprint density at radius 2 is 1.41 bits per heavy atom. The number of imide groups is 1. The van der Waals surface area contributed by atoms with Gasteiger partial charge in [0, 0.05) is 30.5 Å². The van der Waals surface area contributed by atoms with Crippen molar-refractivity contribution in [2.45, 2.75) is 13.8 Å². The highest BCUT2D eigenvalue weighted by Gasteiger charge is 2.40. The van der Waals surface area contributed by atoms with Gasteiger partial charge < -0.3 is 10.2 Å². The molecule has 0 unspecified atom stereocenters. The molecule has 3 aromatic carbocycles. The van der Waals surface area contributed by atoms with Crippen LogP contribution < -0.4 is 15.1 Å².